The molecule has 4 atom stereocenters. The van der Waals surface area contributed by atoms with Crippen molar-refractivity contribution in [2.45, 2.75) is 50.2 Å². The van der Waals surface area contributed by atoms with E-state index in [1.807, 2.05) is 0 Å². The van der Waals surface area contributed by atoms with E-state index in [0.717, 1.165) is 18.3 Å². The summed E-state index contributed by atoms with van der Waals surface area (Å²) in [7, 11) is 0. The number of aliphatic hydroxyl groups is 1. The summed E-state index contributed by atoms with van der Waals surface area (Å²) in [5.41, 5.74) is -3.29. The van der Waals surface area contributed by atoms with Gasteiger partial charge in [0.2, 0.25) is 0 Å². The fraction of sp³-hybridized carbons (Fsp3) is 0.500. The van der Waals surface area contributed by atoms with E-state index >= 15 is 0 Å². The molecule has 4 rings (SSSR count). The van der Waals surface area contributed by atoms with E-state index in [1.54, 1.807) is 5.10 Å². The number of halogens is 4. The first-order valence-corrected chi connectivity index (χ1v) is 12.2. The van der Waals surface area contributed by atoms with Crippen molar-refractivity contribution < 1.29 is 41.7 Å². The Morgan fingerprint density at radius 2 is 1.95 bits per heavy atom. The molecular weight excluding hydrogens is 530 g/mol. The minimum Gasteiger partial charge on any atom is -0.410 e. The number of amides is 2. The van der Waals surface area contributed by atoms with E-state index in [9.17, 15) is 37.1 Å². The van der Waals surface area contributed by atoms with Gasteiger partial charge in [0, 0.05) is 25.6 Å². The molecule has 0 radical (unpaired) electrons. The predicted octanol–water partition coefficient (Wildman–Crippen LogP) is 1.98. The largest absolute Gasteiger partial charge is 0.423 e. The lowest BCUT2D eigenvalue weighted by molar-refractivity contribution is -0.142. The fourth-order valence-corrected chi connectivity index (χ4v) is 4.63. The highest BCUT2D eigenvalue weighted by molar-refractivity contribution is 5.83. The summed E-state index contributed by atoms with van der Waals surface area (Å²) in [4.78, 5) is 39.8. The van der Waals surface area contributed by atoms with Gasteiger partial charge in [-0.15, -0.1) is 0 Å². The fourth-order valence-electron chi connectivity index (χ4n) is 4.63. The van der Waals surface area contributed by atoms with Crippen molar-refractivity contribution in [1.82, 2.24) is 20.0 Å². The second kappa shape index (κ2) is 11.6. The molecule has 1 aromatic heterocycles. The Morgan fingerprint density at radius 3 is 2.62 bits per heavy atom. The zero-order valence-electron chi connectivity index (χ0n) is 20.8. The molecule has 1 aromatic carbocycles. The maximum absolute atomic E-state index is 13.2. The molecule has 0 saturated carbocycles. The molecule has 39 heavy (non-hydrogen) atoms. The summed E-state index contributed by atoms with van der Waals surface area (Å²) in [6, 6.07) is 3.66. The van der Waals surface area contributed by atoms with Crippen LogP contribution in [0, 0.1) is 5.82 Å². The van der Waals surface area contributed by atoms with Gasteiger partial charge >= 0.3 is 12.3 Å². The number of aliphatic hydroxyl groups excluding tert-OH is 1. The molecule has 4 unspecified atom stereocenters. The molecule has 3 N–H and O–H groups in total. The number of β-amino-alcohol motifs (C(OH)–C–C–N with tert-alkyl or cyclic N) is 1. The summed E-state index contributed by atoms with van der Waals surface area (Å²) in [5.74, 6) is -0.696. The van der Waals surface area contributed by atoms with Crippen LogP contribution in [0.15, 0.2) is 35.3 Å². The summed E-state index contributed by atoms with van der Waals surface area (Å²) >= 11 is 0. The van der Waals surface area contributed by atoms with Crippen LogP contribution in [0.25, 0.3) is 0 Å². The maximum atomic E-state index is 13.2. The average molecular weight is 558 g/mol. The monoisotopic (exact) mass is 557 g/mol. The van der Waals surface area contributed by atoms with Crippen LogP contribution in [0.3, 0.4) is 0 Å². The standard InChI is InChI=1S/C24H27F4N5O6/c1-13(30-16-10-29-31-21(35)20(16)24(26,27)28)12-38-19-7-9-33(22(19)36)17-6-8-32(11-18(17)34)23(37)39-15-4-2-14(25)3-5-15/h2-5,10,13,17-19,34H,6-9,11-12H2,1H3,(H2,30,31,35). The zero-order chi connectivity index (χ0) is 28.3. The van der Waals surface area contributed by atoms with Crippen LogP contribution in [0.2, 0.25) is 0 Å². The number of aromatic amines is 1. The molecule has 2 saturated heterocycles. The van der Waals surface area contributed by atoms with Crippen LogP contribution < -0.4 is 15.6 Å². The van der Waals surface area contributed by atoms with Crippen molar-refractivity contribution in [2.24, 2.45) is 0 Å². The number of carbonyl (C=O) groups excluding carboxylic acids is 2. The SMILES string of the molecule is CC(COC1CCN(C2CCN(C(=O)Oc3ccc(F)cc3)CC2O)C1=O)Nc1cn[nH]c(=O)c1C(F)(F)F. The second-order valence-electron chi connectivity index (χ2n) is 9.36. The number of alkyl halides is 3. The Kier molecular flexibility index (Phi) is 8.39. The minimum absolute atomic E-state index is 0.0767. The Labute approximate surface area is 219 Å². The number of nitrogens with zero attached hydrogens (tertiary/aromatic N) is 3. The van der Waals surface area contributed by atoms with Gasteiger partial charge in [-0.1, -0.05) is 0 Å². The Hall–Kier alpha value is -3.72. The predicted molar refractivity (Wildman–Crippen MR) is 127 cm³/mol. The first kappa shape index (κ1) is 28.3. The third-order valence-corrected chi connectivity index (χ3v) is 6.50. The summed E-state index contributed by atoms with van der Waals surface area (Å²) in [6.07, 6.45) is -6.06. The molecule has 0 bridgehead atoms. The van der Waals surface area contributed by atoms with Crippen molar-refractivity contribution >= 4 is 17.7 Å². The molecule has 0 aliphatic carbocycles. The number of H-pyrrole nitrogens is 1. The third kappa shape index (κ3) is 6.65. The van der Waals surface area contributed by atoms with Gasteiger partial charge in [0.15, 0.2) is 0 Å². The third-order valence-electron chi connectivity index (χ3n) is 6.50. The maximum Gasteiger partial charge on any atom is 0.423 e. The van der Waals surface area contributed by atoms with Gasteiger partial charge in [-0.2, -0.15) is 18.3 Å². The van der Waals surface area contributed by atoms with Gasteiger partial charge in [-0.05, 0) is 37.6 Å². The van der Waals surface area contributed by atoms with Crippen molar-refractivity contribution in [3.8, 4) is 5.75 Å². The number of nitrogens with one attached hydrogen (secondary N) is 2. The highest BCUT2D eigenvalue weighted by Gasteiger charge is 2.42. The molecule has 2 aliphatic rings. The lowest BCUT2D eigenvalue weighted by Crippen LogP contribution is -2.56. The number of carbonyl (C=O) groups is 2. The van der Waals surface area contributed by atoms with Crippen LogP contribution in [-0.2, 0) is 15.7 Å². The molecule has 2 amide bonds. The van der Waals surface area contributed by atoms with E-state index in [0.29, 0.717) is 13.0 Å². The first-order valence-electron chi connectivity index (χ1n) is 12.2. The molecule has 15 heteroatoms. The Balaban J connectivity index is 1.27. The van der Waals surface area contributed by atoms with Gasteiger partial charge in [0.1, 0.15) is 23.2 Å². The molecule has 2 aromatic rings. The van der Waals surface area contributed by atoms with Crippen molar-refractivity contribution in [1.29, 1.82) is 0 Å². The van der Waals surface area contributed by atoms with Gasteiger partial charge < -0.3 is 29.7 Å². The molecular formula is C24H27F4N5O6. The van der Waals surface area contributed by atoms with E-state index < -0.39 is 59.2 Å². The van der Waals surface area contributed by atoms with Crippen LogP contribution in [0.5, 0.6) is 5.75 Å². The first-order chi connectivity index (χ1) is 18.4. The van der Waals surface area contributed by atoms with Gasteiger partial charge in [-0.3, -0.25) is 9.59 Å². The smallest absolute Gasteiger partial charge is 0.410 e. The Morgan fingerprint density at radius 1 is 1.23 bits per heavy atom. The van der Waals surface area contributed by atoms with Crippen LogP contribution in [0.4, 0.5) is 28.0 Å². The van der Waals surface area contributed by atoms with Crippen LogP contribution in [-0.4, -0.2) is 87.6 Å². The number of anilines is 1. The lowest BCUT2D eigenvalue weighted by Gasteiger charge is -2.39. The number of ether oxygens (including phenoxy) is 2. The van der Waals surface area contributed by atoms with E-state index in [2.05, 4.69) is 10.4 Å². The minimum atomic E-state index is -4.89. The van der Waals surface area contributed by atoms with Crippen molar-refractivity contribution in [3.63, 3.8) is 0 Å². The lowest BCUT2D eigenvalue weighted by atomic mass is 10.0. The highest BCUT2D eigenvalue weighted by atomic mass is 19.4. The van der Waals surface area contributed by atoms with Gasteiger partial charge in [0.05, 0.1) is 37.2 Å². The molecule has 2 fully saturated rings. The Bertz CT molecular complexity index is 1240. The number of benzene rings is 1. The molecule has 3 heterocycles. The molecule has 0 spiro atoms. The number of likely N-dealkylation sites (tertiary alicyclic amines) is 2. The highest BCUT2D eigenvalue weighted by Crippen LogP contribution is 2.32. The quantitative estimate of drug-likeness (QED) is 0.440. The number of hydrogen-bond acceptors (Lipinski definition) is 8. The van der Waals surface area contributed by atoms with Gasteiger partial charge in [-0.25, -0.2) is 14.3 Å². The van der Waals surface area contributed by atoms with E-state index in [-0.39, 0.29) is 37.8 Å². The van der Waals surface area contributed by atoms with E-state index in [1.165, 1.54) is 28.9 Å². The van der Waals surface area contributed by atoms with Crippen molar-refractivity contribution in [2.75, 3.05) is 31.6 Å². The normalized spacial score (nSPS) is 22.6. The molecule has 2 aliphatic heterocycles. The zero-order valence-corrected chi connectivity index (χ0v) is 20.8. The number of aromatic nitrogens is 2. The van der Waals surface area contributed by atoms with Crippen LogP contribution >= 0.6 is 0 Å². The summed E-state index contributed by atoms with van der Waals surface area (Å²) in [5, 5.41) is 18.4. The van der Waals surface area contributed by atoms with Gasteiger partial charge in [0.25, 0.3) is 11.5 Å². The number of piperidine rings is 1. The number of hydrogen-bond donors (Lipinski definition) is 3. The second-order valence-corrected chi connectivity index (χ2v) is 9.36. The van der Waals surface area contributed by atoms with Crippen molar-refractivity contribution in [3.05, 3.63) is 52.2 Å². The van der Waals surface area contributed by atoms with E-state index in [4.69, 9.17) is 9.47 Å². The topological polar surface area (TPSA) is 137 Å². The molecule has 11 nitrogen and oxygen atoms in total. The summed E-state index contributed by atoms with van der Waals surface area (Å²) < 4.78 is 63.6. The number of rotatable bonds is 7. The molecule has 212 valence electrons. The summed E-state index contributed by atoms with van der Waals surface area (Å²) in [6.45, 7) is 1.83. The average Bonchev–Trinajstić information content (AvgIpc) is 3.23. The van der Waals surface area contributed by atoms with Crippen LogP contribution in [0.1, 0.15) is 25.3 Å².